The highest BCUT2D eigenvalue weighted by atomic mass is 35.5. The van der Waals surface area contributed by atoms with Crippen LogP contribution in [0.25, 0.3) is 0 Å². The topological polar surface area (TPSA) is 80.8 Å². The molecule has 0 aromatic heterocycles. The number of halogens is 2. The van der Waals surface area contributed by atoms with Crippen molar-refractivity contribution in [3.63, 3.8) is 0 Å². The third-order valence-corrected chi connectivity index (χ3v) is 9.24. The van der Waals surface area contributed by atoms with Gasteiger partial charge in [-0.1, -0.05) is 85.8 Å². The van der Waals surface area contributed by atoms with Gasteiger partial charge in [0.1, 0.15) is 16.3 Å². The van der Waals surface area contributed by atoms with Crippen LogP contribution in [0.1, 0.15) is 46.0 Å². The molecule has 0 saturated carbocycles. The summed E-state index contributed by atoms with van der Waals surface area (Å²) in [6.07, 6.45) is -0.796. The maximum atomic E-state index is 13.8. The first-order chi connectivity index (χ1) is 18.2. The molecule has 3 aromatic carbocycles. The van der Waals surface area contributed by atoms with Crippen LogP contribution in [-0.2, 0) is 28.9 Å². The molecule has 8 heteroatoms. The molecule has 4 aliphatic rings. The smallest absolute Gasteiger partial charge is 0.326 e. The molecule has 0 radical (unpaired) electrons. The van der Waals surface area contributed by atoms with Gasteiger partial charge >= 0.3 is 5.97 Å². The lowest BCUT2D eigenvalue weighted by Gasteiger charge is -2.54. The average molecular weight is 548 g/mol. The zero-order chi connectivity index (χ0) is 26.8. The Balaban J connectivity index is 1.33. The van der Waals surface area contributed by atoms with E-state index in [9.17, 15) is 19.2 Å². The summed E-state index contributed by atoms with van der Waals surface area (Å²) >= 11 is 14.8. The van der Waals surface area contributed by atoms with Crippen molar-refractivity contribution in [1.29, 1.82) is 0 Å². The van der Waals surface area contributed by atoms with Crippen LogP contribution in [-0.4, -0.2) is 41.1 Å². The summed E-state index contributed by atoms with van der Waals surface area (Å²) in [7, 11) is 0. The SMILES string of the molecule is CC[C@@H](OC(=O)CN1C(=O)[C@@H]2[C@H](C1=O)C1(Cl)c3ccccc3C2(Cl)c2ccccc21)C(=O)c1ccccc1. The maximum Gasteiger partial charge on any atom is 0.326 e. The number of Topliss-reactive ketones (excluding diaryl/α,β-unsaturated/α-hetero) is 1. The number of alkyl halides is 2. The number of amides is 2. The van der Waals surface area contributed by atoms with Crippen molar-refractivity contribution in [2.24, 2.45) is 11.8 Å². The minimum absolute atomic E-state index is 0.243. The van der Waals surface area contributed by atoms with Gasteiger partial charge in [0.15, 0.2) is 6.10 Å². The summed E-state index contributed by atoms with van der Waals surface area (Å²) in [6.45, 7) is 1.09. The number of ketones is 1. The zero-order valence-electron chi connectivity index (χ0n) is 20.4. The second-order valence-corrected chi connectivity index (χ2v) is 11.0. The molecule has 7 rings (SSSR count). The van der Waals surface area contributed by atoms with Crippen molar-refractivity contribution >= 4 is 46.8 Å². The number of esters is 1. The third kappa shape index (κ3) is 3.20. The number of hydrogen-bond acceptors (Lipinski definition) is 5. The van der Waals surface area contributed by atoms with Gasteiger partial charge in [-0.15, -0.1) is 23.2 Å². The van der Waals surface area contributed by atoms with Crippen LogP contribution in [0.5, 0.6) is 0 Å². The summed E-state index contributed by atoms with van der Waals surface area (Å²) in [5.41, 5.74) is 3.14. The number of hydrogen-bond donors (Lipinski definition) is 0. The Morgan fingerprint density at radius 2 is 1.21 bits per heavy atom. The molecular formula is C30H23Cl2NO5. The molecule has 0 N–H and O–H groups in total. The van der Waals surface area contributed by atoms with Gasteiger partial charge in [-0.05, 0) is 28.7 Å². The largest absolute Gasteiger partial charge is 0.453 e. The highest BCUT2D eigenvalue weighted by Gasteiger charge is 2.73. The van der Waals surface area contributed by atoms with Crippen molar-refractivity contribution in [1.82, 2.24) is 4.90 Å². The number of ether oxygens (including phenoxy) is 1. The monoisotopic (exact) mass is 547 g/mol. The van der Waals surface area contributed by atoms with Crippen LogP contribution in [0.3, 0.4) is 0 Å². The molecule has 3 aliphatic carbocycles. The van der Waals surface area contributed by atoms with Gasteiger partial charge in [0, 0.05) is 5.56 Å². The van der Waals surface area contributed by atoms with Crippen molar-refractivity contribution in [2.75, 3.05) is 6.54 Å². The number of carbonyl (C=O) groups is 4. The van der Waals surface area contributed by atoms with E-state index in [4.69, 9.17) is 27.9 Å². The first-order valence-corrected chi connectivity index (χ1v) is 13.2. The molecule has 2 amide bonds. The Hall–Kier alpha value is -3.48. The lowest BCUT2D eigenvalue weighted by Crippen LogP contribution is -2.57. The molecule has 38 heavy (non-hydrogen) atoms. The molecule has 6 nitrogen and oxygen atoms in total. The number of likely N-dealkylation sites (tertiary alicyclic amines) is 1. The third-order valence-electron chi connectivity index (χ3n) is 7.96. The molecule has 192 valence electrons. The molecule has 3 aromatic rings. The fraction of sp³-hybridized carbons (Fsp3) is 0.267. The molecular weight excluding hydrogens is 525 g/mol. The van der Waals surface area contributed by atoms with Crippen LogP contribution in [0.15, 0.2) is 78.9 Å². The van der Waals surface area contributed by atoms with E-state index in [0.29, 0.717) is 27.8 Å². The van der Waals surface area contributed by atoms with Gasteiger partial charge in [-0.25, -0.2) is 0 Å². The summed E-state index contributed by atoms with van der Waals surface area (Å²) < 4.78 is 5.47. The fourth-order valence-electron chi connectivity index (χ4n) is 6.32. The van der Waals surface area contributed by atoms with Crippen LogP contribution in [0.4, 0.5) is 0 Å². The number of imide groups is 1. The minimum Gasteiger partial charge on any atom is -0.453 e. The highest BCUT2D eigenvalue weighted by molar-refractivity contribution is 6.36. The number of benzene rings is 3. The Kier molecular flexibility index (Phi) is 5.74. The second kappa shape index (κ2) is 8.79. The molecule has 1 aliphatic heterocycles. The molecule has 3 atom stereocenters. The fourth-order valence-corrected chi connectivity index (χ4v) is 7.41. The Bertz CT molecular complexity index is 1380. The second-order valence-electron chi connectivity index (χ2n) is 9.85. The number of rotatable bonds is 6. The van der Waals surface area contributed by atoms with Gasteiger partial charge in [-0.3, -0.25) is 24.1 Å². The average Bonchev–Trinajstić information content (AvgIpc) is 3.20. The van der Waals surface area contributed by atoms with Crippen LogP contribution < -0.4 is 0 Å². The van der Waals surface area contributed by atoms with Gasteiger partial charge < -0.3 is 4.74 Å². The normalized spacial score (nSPS) is 27.4. The van der Waals surface area contributed by atoms with E-state index in [1.54, 1.807) is 37.3 Å². The van der Waals surface area contributed by atoms with Crippen LogP contribution in [0, 0.1) is 11.8 Å². The lowest BCUT2D eigenvalue weighted by atomic mass is 9.54. The zero-order valence-corrected chi connectivity index (χ0v) is 21.9. The van der Waals surface area contributed by atoms with Gasteiger partial charge in [0.05, 0.1) is 11.8 Å². The summed E-state index contributed by atoms with van der Waals surface area (Å²) in [5, 5.41) is 0. The van der Waals surface area contributed by atoms with E-state index >= 15 is 0 Å². The van der Waals surface area contributed by atoms with Gasteiger partial charge in [-0.2, -0.15) is 0 Å². The van der Waals surface area contributed by atoms with Gasteiger partial charge in [0.2, 0.25) is 17.6 Å². The summed E-state index contributed by atoms with van der Waals surface area (Å²) in [5.74, 6) is -4.36. The van der Waals surface area contributed by atoms with Gasteiger partial charge in [0.25, 0.3) is 0 Å². The Labute approximate surface area is 229 Å². The molecule has 1 saturated heterocycles. The van der Waals surface area contributed by atoms with E-state index in [-0.39, 0.29) is 12.2 Å². The van der Waals surface area contributed by atoms with E-state index in [1.807, 2.05) is 48.5 Å². The predicted molar refractivity (Wildman–Crippen MR) is 141 cm³/mol. The molecule has 0 unspecified atom stereocenters. The van der Waals surface area contributed by atoms with E-state index < -0.39 is 52.0 Å². The quantitative estimate of drug-likeness (QED) is 0.192. The molecule has 1 fully saturated rings. The van der Waals surface area contributed by atoms with E-state index in [1.165, 1.54) is 0 Å². The summed E-state index contributed by atoms with van der Waals surface area (Å²) in [4.78, 5) is 51.8. The Morgan fingerprint density at radius 3 is 1.63 bits per heavy atom. The first-order valence-electron chi connectivity index (χ1n) is 12.5. The van der Waals surface area contributed by atoms with E-state index in [0.717, 1.165) is 4.90 Å². The van der Waals surface area contributed by atoms with E-state index in [2.05, 4.69) is 0 Å². The first kappa shape index (κ1) is 24.8. The Morgan fingerprint density at radius 1 is 0.789 bits per heavy atom. The summed E-state index contributed by atoms with van der Waals surface area (Å²) in [6, 6.07) is 23.1. The number of nitrogens with zero attached hydrogens (tertiary/aromatic N) is 1. The van der Waals surface area contributed by atoms with Crippen molar-refractivity contribution in [3.8, 4) is 0 Å². The maximum absolute atomic E-state index is 13.8. The molecule has 0 spiro atoms. The van der Waals surface area contributed by atoms with Crippen molar-refractivity contribution in [2.45, 2.75) is 29.2 Å². The van der Waals surface area contributed by atoms with Crippen LogP contribution >= 0.6 is 23.2 Å². The molecule has 2 bridgehead atoms. The highest BCUT2D eigenvalue weighted by Crippen LogP contribution is 2.69. The predicted octanol–water partition coefficient (Wildman–Crippen LogP) is 4.78. The van der Waals surface area contributed by atoms with Crippen LogP contribution in [0.2, 0.25) is 0 Å². The standard InChI is InChI=1S/C30H23Cl2NO5/c1-2-22(26(35)17-10-4-3-5-11-17)38-23(34)16-33-27(36)24-25(28(33)37)30(32)19-13-7-6-12-18(19)29(24,31)20-14-8-9-15-21(20)30/h3-15,22,24-25H,2,16H2,1H3/t22-,24-,25+,29?,30?/m1/s1. The molecule has 1 heterocycles. The lowest BCUT2D eigenvalue weighted by molar-refractivity contribution is -0.155. The minimum atomic E-state index is -1.32. The van der Waals surface area contributed by atoms with Crippen molar-refractivity contribution < 1.29 is 23.9 Å². The van der Waals surface area contributed by atoms with Crippen molar-refractivity contribution in [3.05, 3.63) is 107 Å². The number of carbonyl (C=O) groups excluding carboxylic acids is 4.